The van der Waals surface area contributed by atoms with Gasteiger partial charge in [-0.2, -0.15) is 11.8 Å². The van der Waals surface area contributed by atoms with Crippen molar-refractivity contribution in [2.24, 2.45) is 0 Å². The molecule has 19 heavy (non-hydrogen) atoms. The molecule has 0 bridgehead atoms. The molecule has 102 valence electrons. The zero-order valence-corrected chi connectivity index (χ0v) is 12.4. The summed E-state index contributed by atoms with van der Waals surface area (Å²) in [5.74, 6) is 1.31. The third-order valence-corrected chi connectivity index (χ3v) is 5.30. The summed E-state index contributed by atoms with van der Waals surface area (Å²) in [5.41, 5.74) is 1.95. The van der Waals surface area contributed by atoms with E-state index in [0.29, 0.717) is 5.22 Å². The highest BCUT2D eigenvalue weighted by atomic mass is 35.5. The first kappa shape index (κ1) is 13.3. The van der Waals surface area contributed by atoms with Gasteiger partial charge in [0.05, 0.1) is 0 Å². The van der Waals surface area contributed by atoms with Crippen molar-refractivity contribution in [3.05, 3.63) is 35.0 Å². The Morgan fingerprint density at radius 1 is 1.32 bits per heavy atom. The summed E-state index contributed by atoms with van der Waals surface area (Å²) in [6, 6.07) is 8.02. The van der Waals surface area contributed by atoms with E-state index >= 15 is 0 Å². The topological polar surface area (TPSA) is 25.2 Å². The number of hydrogen-bond donors (Lipinski definition) is 1. The Hall–Kier alpha value is -0.640. The molecule has 2 heterocycles. The van der Waals surface area contributed by atoms with E-state index in [4.69, 9.17) is 16.0 Å². The quantitative estimate of drug-likeness (QED) is 0.901. The van der Waals surface area contributed by atoms with Gasteiger partial charge in [-0.05, 0) is 36.3 Å². The van der Waals surface area contributed by atoms with Gasteiger partial charge in [0.15, 0.2) is 5.22 Å². The molecule has 1 fully saturated rings. The van der Waals surface area contributed by atoms with E-state index in [1.807, 2.05) is 18.2 Å². The lowest BCUT2D eigenvalue weighted by Crippen LogP contribution is -2.26. The Morgan fingerprint density at radius 2 is 2.21 bits per heavy atom. The number of furan rings is 1. The van der Waals surface area contributed by atoms with Crippen molar-refractivity contribution in [2.45, 2.75) is 31.1 Å². The fourth-order valence-electron chi connectivity index (χ4n) is 2.56. The molecule has 0 saturated carbocycles. The summed E-state index contributed by atoms with van der Waals surface area (Å²) in [6.45, 7) is 1.84. The number of nitrogens with one attached hydrogen (secondary N) is 1. The molecule has 4 heteroatoms. The van der Waals surface area contributed by atoms with Gasteiger partial charge in [-0.15, -0.1) is 0 Å². The Bertz CT molecular complexity index is 548. The van der Waals surface area contributed by atoms with Gasteiger partial charge in [0, 0.05) is 29.3 Å². The van der Waals surface area contributed by atoms with E-state index in [1.54, 1.807) is 0 Å². The highest BCUT2D eigenvalue weighted by molar-refractivity contribution is 7.99. The standard InChI is InChI=1S/C15H18ClNOS/c16-15-13(12-6-1-2-7-14(12)18-15)10-17-9-11-5-3-4-8-19-11/h1-2,6-7,11,17H,3-5,8-10H2. The van der Waals surface area contributed by atoms with Crippen LogP contribution in [0.4, 0.5) is 0 Å². The lowest BCUT2D eigenvalue weighted by Gasteiger charge is -2.21. The van der Waals surface area contributed by atoms with Crippen LogP contribution in [0.1, 0.15) is 24.8 Å². The summed E-state index contributed by atoms with van der Waals surface area (Å²) in [6.07, 6.45) is 4.08. The maximum atomic E-state index is 6.18. The third-order valence-electron chi connectivity index (χ3n) is 3.60. The molecule has 1 aromatic heterocycles. The molecular weight excluding hydrogens is 278 g/mol. The zero-order valence-electron chi connectivity index (χ0n) is 10.8. The maximum Gasteiger partial charge on any atom is 0.199 e. The fraction of sp³-hybridized carbons (Fsp3) is 0.467. The van der Waals surface area contributed by atoms with Crippen molar-refractivity contribution in [3.63, 3.8) is 0 Å². The van der Waals surface area contributed by atoms with Gasteiger partial charge in [-0.3, -0.25) is 0 Å². The van der Waals surface area contributed by atoms with Crippen LogP contribution in [0, 0.1) is 0 Å². The zero-order chi connectivity index (χ0) is 13.1. The van der Waals surface area contributed by atoms with Crippen LogP contribution in [-0.4, -0.2) is 17.5 Å². The minimum atomic E-state index is 0.519. The first-order valence-electron chi connectivity index (χ1n) is 6.83. The van der Waals surface area contributed by atoms with Crippen LogP contribution in [0.15, 0.2) is 28.7 Å². The number of para-hydroxylation sites is 1. The van der Waals surface area contributed by atoms with Gasteiger partial charge in [-0.25, -0.2) is 0 Å². The predicted octanol–water partition coefficient (Wildman–Crippen LogP) is 4.46. The molecule has 1 aromatic carbocycles. The lowest BCUT2D eigenvalue weighted by atomic mass is 10.1. The SMILES string of the molecule is Clc1oc2ccccc2c1CNCC1CCCCS1. The molecule has 0 radical (unpaired) electrons. The van der Waals surface area contributed by atoms with Gasteiger partial charge in [0.25, 0.3) is 0 Å². The van der Waals surface area contributed by atoms with E-state index in [0.717, 1.165) is 34.9 Å². The van der Waals surface area contributed by atoms with Crippen LogP contribution in [0.2, 0.25) is 5.22 Å². The van der Waals surface area contributed by atoms with Crippen molar-refractivity contribution in [1.29, 1.82) is 0 Å². The van der Waals surface area contributed by atoms with Gasteiger partial charge in [0.1, 0.15) is 5.58 Å². The molecule has 1 unspecified atom stereocenters. The summed E-state index contributed by atoms with van der Waals surface area (Å²) < 4.78 is 5.56. The van der Waals surface area contributed by atoms with Crippen LogP contribution in [0.25, 0.3) is 11.0 Å². The van der Waals surface area contributed by atoms with Crippen molar-refractivity contribution >= 4 is 34.3 Å². The van der Waals surface area contributed by atoms with E-state index in [2.05, 4.69) is 23.1 Å². The molecule has 3 rings (SSSR count). The van der Waals surface area contributed by atoms with Crippen molar-refractivity contribution < 1.29 is 4.42 Å². The van der Waals surface area contributed by atoms with Crippen LogP contribution >= 0.6 is 23.4 Å². The molecule has 0 spiro atoms. The summed E-state index contributed by atoms with van der Waals surface area (Å²) in [7, 11) is 0. The minimum Gasteiger partial charge on any atom is -0.444 e. The van der Waals surface area contributed by atoms with Gasteiger partial charge in [-0.1, -0.05) is 24.6 Å². The van der Waals surface area contributed by atoms with Crippen LogP contribution < -0.4 is 5.32 Å². The first-order chi connectivity index (χ1) is 9.34. The molecule has 1 saturated heterocycles. The molecule has 1 aliphatic heterocycles. The van der Waals surface area contributed by atoms with Crippen molar-refractivity contribution in [1.82, 2.24) is 5.32 Å². The van der Waals surface area contributed by atoms with E-state index < -0.39 is 0 Å². The second kappa shape index (κ2) is 6.21. The molecule has 1 N–H and O–H groups in total. The summed E-state index contributed by atoms with van der Waals surface area (Å²) >= 11 is 8.27. The third kappa shape index (κ3) is 3.10. The molecular formula is C15H18ClNOS. The minimum absolute atomic E-state index is 0.519. The van der Waals surface area contributed by atoms with E-state index in [1.165, 1.54) is 25.0 Å². The second-order valence-electron chi connectivity index (χ2n) is 4.97. The molecule has 1 aliphatic rings. The van der Waals surface area contributed by atoms with E-state index in [-0.39, 0.29) is 0 Å². The first-order valence-corrected chi connectivity index (χ1v) is 8.25. The van der Waals surface area contributed by atoms with Gasteiger partial charge >= 0.3 is 0 Å². The average Bonchev–Trinajstić information content (AvgIpc) is 2.76. The molecule has 2 aromatic rings. The molecule has 1 atom stereocenters. The Balaban J connectivity index is 1.63. The number of benzene rings is 1. The number of rotatable bonds is 4. The van der Waals surface area contributed by atoms with E-state index in [9.17, 15) is 0 Å². The van der Waals surface area contributed by atoms with Crippen molar-refractivity contribution in [3.8, 4) is 0 Å². The highest BCUT2D eigenvalue weighted by Crippen LogP contribution is 2.29. The maximum absolute atomic E-state index is 6.18. The summed E-state index contributed by atoms with van der Waals surface area (Å²) in [4.78, 5) is 0. The number of hydrogen-bond acceptors (Lipinski definition) is 3. The Kier molecular flexibility index (Phi) is 4.36. The second-order valence-corrected chi connectivity index (χ2v) is 6.72. The average molecular weight is 296 g/mol. The van der Waals surface area contributed by atoms with Gasteiger partial charge < -0.3 is 9.73 Å². The van der Waals surface area contributed by atoms with Crippen LogP contribution in [0.5, 0.6) is 0 Å². The predicted molar refractivity (Wildman–Crippen MR) is 83.0 cm³/mol. The number of thioether (sulfide) groups is 1. The summed E-state index contributed by atoms with van der Waals surface area (Å²) in [5, 5.41) is 5.92. The molecule has 2 nitrogen and oxygen atoms in total. The fourth-order valence-corrected chi connectivity index (χ4v) is 4.09. The largest absolute Gasteiger partial charge is 0.444 e. The van der Waals surface area contributed by atoms with Crippen molar-refractivity contribution in [2.75, 3.05) is 12.3 Å². The Labute approximate surface area is 122 Å². The lowest BCUT2D eigenvalue weighted by molar-refractivity contribution is 0.584. The van der Waals surface area contributed by atoms with Crippen LogP contribution in [-0.2, 0) is 6.54 Å². The molecule has 0 amide bonds. The highest BCUT2D eigenvalue weighted by Gasteiger charge is 2.15. The number of halogens is 1. The van der Waals surface area contributed by atoms with Crippen LogP contribution in [0.3, 0.4) is 0 Å². The number of fused-ring (bicyclic) bond motifs is 1. The monoisotopic (exact) mass is 295 g/mol. The smallest absolute Gasteiger partial charge is 0.199 e. The Morgan fingerprint density at radius 3 is 3.05 bits per heavy atom. The normalized spacial score (nSPS) is 19.9. The van der Waals surface area contributed by atoms with Gasteiger partial charge in [0.2, 0.25) is 0 Å². The molecule has 0 aliphatic carbocycles.